The fourth-order valence-corrected chi connectivity index (χ4v) is 2.31. The lowest BCUT2D eigenvalue weighted by Gasteiger charge is -2.15. The number of rotatable bonds is 7. The van der Waals surface area contributed by atoms with Gasteiger partial charge >= 0.3 is 6.61 Å². The molecule has 0 atom stereocenters. The van der Waals surface area contributed by atoms with E-state index in [9.17, 15) is 8.78 Å². The third-order valence-corrected chi connectivity index (χ3v) is 3.86. The van der Waals surface area contributed by atoms with E-state index in [0.717, 1.165) is 5.76 Å². The van der Waals surface area contributed by atoms with Crippen molar-refractivity contribution in [2.24, 2.45) is 4.99 Å². The molecule has 0 saturated heterocycles. The number of nitrogens with one attached hydrogen (secondary N) is 2. The van der Waals surface area contributed by atoms with E-state index in [1.54, 1.807) is 25.4 Å². The van der Waals surface area contributed by atoms with Crippen LogP contribution in [0, 0.1) is 0 Å². The predicted octanol–water partition coefficient (Wildman–Crippen LogP) is 3.45. The second-order valence-electron chi connectivity index (χ2n) is 7.00. The molecule has 0 aliphatic carbocycles. The van der Waals surface area contributed by atoms with Gasteiger partial charge in [0.05, 0.1) is 19.9 Å². The van der Waals surface area contributed by atoms with Crippen molar-refractivity contribution in [2.45, 2.75) is 45.9 Å². The van der Waals surface area contributed by atoms with Crippen LogP contribution in [0.25, 0.3) is 0 Å². The first kappa shape index (κ1) is 21.5. The van der Waals surface area contributed by atoms with Crippen molar-refractivity contribution in [1.82, 2.24) is 15.6 Å². The minimum absolute atomic E-state index is 0.0415. The van der Waals surface area contributed by atoms with Crippen molar-refractivity contribution in [2.75, 3.05) is 14.2 Å². The summed E-state index contributed by atoms with van der Waals surface area (Å²) in [6, 6.07) is 4.74. The van der Waals surface area contributed by atoms with E-state index in [1.807, 2.05) is 20.8 Å². The van der Waals surface area contributed by atoms with Gasteiger partial charge in [-0.25, -0.2) is 4.98 Å². The highest BCUT2D eigenvalue weighted by Gasteiger charge is 2.19. The number of methoxy groups -OCH3 is 1. The molecule has 9 heteroatoms. The molecule has 0 saturated carbocycles. The Morgan fingerprint density at radius 2 is 1.96 bits per heavy atom. The van der Waals surface area contributed by atoms with Crippen LogP contribution in [0.1, 0.15) is 38.0 Å². The van der Waals surface area contributed by atoms with Crippen LogP contribution in [0.15, 0.2) is 33.8 Å². The van der Waals surface area contributed by atoms with E-state index in [-0.39, 0.29) is 17.7 Å². The van der Waals surface area contributed by atoms with Crippen molar-refractivity contribution >= 4 is 5.96 Å². The molecule has 2 rings (SSSR count). The van der Waals surface area contributed by atoms with E-state index in [4.69, 9.17) is 9.15 Å². The van der Waals surface area contributed by atoms with Crippen molar-refractivity contribution in [3.63, 3.8) is 0 Å². The van der Waals surface area contributed by atoms with Crippen molar-refractivity contribution in [3.8, 4) is 11.5 Å². The standard InChI is InChI=1S/C19H26F2N4O3/c1-19(2,3)15-10-23-16(28-15)11-25-18(22-4)24-9-12-6-7-13(26-5)8-14(12)27-17(20)21/h6-8,10,17H,9,11H2,1-5H3,(H2,22,24,25). The molecule has 0 aliphatic heterocycles. The second-order valence-corrected chi connectivity index (χ2v) is 7.00. The van der Waals surface area contributed by atoms with Gasteiger partial charge in [0.15, 0.2) is 5.96 Å². The Hall–Kier alpha value is -2.84. The Balaban J connectivity index is 1.97. The third kappa shape index (κ3) is 6.11. The molecule has 28 heavy (non-hydrogen) atoms. The maximum Gasteiger partial charge on any atom is 0.387 e. The smallest absolute Gasteiger partial charge is 0.387 e. The maximum atomic E-state index is 12.7. The molecule has 0 aliphatic rings. The summed E-state index contributed by atoms with van der Waals surface area (Å²) >= 11 is 0. The van der Waals surface area contributed by atoms with Crippen LogP contribution in [0.3, 0.4) is 0 Å². The topological polar surface area (TPSA) is 80.9 Å². The first-order valence-corrected chi connectivity index (χ1v) is 8.74. The van der Waals surface area contributed by atoms with E-state index >= 15 is 0 Å². The van der Waals surface area contributed by atoms with Crippen LogP contribution in [0.5, 0.6) is 11.5 Å². The molecule has 1 aromatic heterocycles. The van der Waals surface area contributed by atoms with Gasteiger partial charge in [-0.05, 0) is 12.1 Å². The van der Waals surface area contributed by atoms with Gasteiger partial charge in [0.2, 0.25) is 5.89 Å². The molecule has 0 spiro atoms. The number of hydrogen-bond donors (Lipinski definition) is 2. The summed E-state index contributed by atoms with van der Waals surface area (Å²) < 4.78 is 40.7. The summed E-state index contributed by atoms with van der Waals surface area (Å²) in [5, 5.41) is 6.12. The zero-order chi connectivity index (χ0) is 20.7. The van der Waals surface area contributed by atoms with E-state index in [0.29, 0.717) is 29.7 Å². The largest absolute Gasteiger partial charge is 0.497 e. The quantitative estimate of drug-likeness (QED) is 0.551. The van der Waals surface area contributed by atoms with Gasteiger partial charge < -0.3 is 24.5 Å². The van der Waals surface area contributed by atoms with Crippen molar-refractivity contribution < 1.29 is 22.7 Å². The van der Waals surface area contributed by atoms with Crippen LogP contribution < -0.4 is 20.1 Å². The van der Waals surface area contributed by atoms with Crippen molar-refractivity contribution in [1.29, 1.82) is 0 Å². The lowest BCUT2D eigenvalue weighted by Crippen LogP contribution is -2.36. The Labute approximate surface area is 163 Å². The number of guanidine groups is 1. The monoisotopic (exact) mass is 396 g/mol. The van der Waals surface area contributed by atoms with Crippen LogP contribution in [-0.2, 0) is 18.5 Å². The van der Waals surface area contributed by atoms with Gasteiger partial charge in [-0.3, -0.25) is 4.99 Å². The summed E-state index contributed by atoms with van der Waals surface area (Å²) in [6.45, 7) is 3.76. The number of halogens is 2. The van der Waals surface area contributed by atoms with Gasteiger partial charge in [0.1, 0.15) is 17.3 Å². The molecule has 2 aromatic rings. The second kappa shape index (κ2) is 9.38. The Morgan fingerprint density at radius 3 is 2.54 bits per heavy atom. The molecule has 0 amide bonds. The molecule has 0 fully saturated rings. The number of aromatic nitrogens is 1. The molecule has 2 N–H and O–H groups in total. The Bertz CT molecular complexity index is 801. The van der Waals surface area contributed by atoms with Gasteiger partial charge in [-0.1, -0.05) is 20.8 Å². The lowest BCUT2D eigenvalue weighted by atomic mass is 9.94. The summed E-state index contributed by atoms with van der Waals surface area (Å²) in [5.74, 6) is 2.26. The molecule has 7 nitrogen and oxygen atoms in total. The highest BCUT2D eigenvalue weighted by molar-refractivity contribution is 5.79. The Morgan fingerprint density at radius 1 is 1.25 bits per heavy atom. The average molecular weight is 396 g/mol. The zero-order valence-corrected chi connectivity index (χ0v) is 16.7. The number of hydrogen-bond acceptors (Lipinski definition) is 5. The van der Waals surface area contributed by atoms with Crippen molar-refractivity contribution in [3.05, 3.63) is 41.6 Å². The van der Waals surface area contributed by atoms with Gasteiger partial charge in [-0.2, -0.15) is 8.78 Å². The SMILES string of the molecule is CN=C(NCc1ncc(C(C)(C)C)o1)NCc1ccc(OC)cc1OC(F)F. The maximum absolute atomic E-state index is 12.7. The van der Waals surface area contributed by atoms with Gasteiger partial charge in [0, 0.05) is 30.6 Å². The minimum atomic E-state index is -2.93. The highest BCUT2D eigenvalue weighted by atomic mass is 19.3. The first-order valence-electron chi connectivity index (χ1n) is 8.74. The van der Waals surface area contributed by atoms with Crippen LogP contribution >= 0.6 is 0 Å². The van der Waals surface area contributed by atoms with Gasteiger partial charge in [0.25, 0.3) is 0 Å². The minimum Gasteiger partial charge on any atom is -0.497 e. The summed E-state index contributed by atoms with van der Waals surface area (Å²) in [6.07, 6.45) is 1.71. The predicted molar refractivity (Wildman–Crippen MR) is 102 cm³/mol. The Kier molecular flexibility index (Phi) is 7.19. The van der Waals surface area contributed by atoms with Crippen LogP contribution in [0.2, 0.25) is 0 Å². The number of nitrogens with zero attached hydrogens (tertiary/aromatic N) is 2. The average Bonchev–Trinajstić information content (AvgIpc) is 3.11. The number of aliphatic imine (C=N–C) groups is 1. The van der Waals surface area contributed by atoms with Crippen LogP contribution in [0.4, 0.5) is 8.78 Å². The number of oxazole rings is 1. The third-order valence-electron chi connectivity index (χ3n) is 3.86. The number of benzene rings is 1. The van der Waals surface area contributed by atoms with E-state index in [2.05, 4.69) is 25.3 Å². The molecule has 154 valence electrons. The highest BCUT2D eigenvalue weighted by Crippen LogP contribution is 2.26. The van der Waals surface area contributed by atoms with Crippen LogP contribution in [-0.4, -0.2) is 31.7 Å². The molecular weight excluding hydrogens is 370 g/mol. The molecule has 1 aromatic carbocycles. The number of ether oxygens (including phenoxy) is 2. The summed E-state index contributed by atoms with van der Waals surface area (Å²) in [4.78, 5) is 8.35. The molecular formula is C19H26F2N4O3. The first-order chi connectivity index (χ1) is 13.2. The summed E-state index contributed by atoms with van der Waals surface area (Å²) in [5.41, 5.74) is 0.413. The molecule has 0 bridgehead atoms. The van der Waals surface area contributed by atoms with E-state index < -0.39 is 6.61 Å². The molecule has 0 radical (unpaired) electrons. The summed E-state index contributed by atoms with van der Waals surface area (Å²) in [7, 11) is 3.06. The van der Waals surface area contributed by atoms with Gasteiger partial charge in [-0.15, -0.1) is 0 Å². The lowest BCUT2D eigenvalue weighted by molar-refractivity contribution is -0.0505. The molecule has 1 heterocycles. The number of alkyl halides is 2. The van der Waals surface area contributed by atoms with E-state index in [1.165, 1.54) is 13.2 Å². The fraction of sp³-hybridized carbons (Fsp3) is 0.474. The zero-order valence-electron chi connectivity index (χ0n) is 16.7. The molecule has 0 unspecified atom stereocenters. The normalized spacial score (nSPS) is 12.2. The fourth-order valence-electron chi connectivity index (χ4n) is 2.31.